The van der Waals surface area contributed by atoms with Gasteiger partial charge in [0.1, 0.15) is 30.5 Å². The third kappa shape index (κ3) is 20.6. The van der Waals surface area contributed by atoms with Gasteiger partial charge in [0.2, 0.25) is 29.5 Å². The van der Waals surface area contributed by atoms with Gasteiger partial charge in [-0.05, 0) is 37.3 Å². The van der Waals surface area contributed by atoms with Crippen LogP contribution >= 0.6 is 0 Å². The highest BCUT2D eigenvalue weighted by Gasteiger charge is 2.30. The summed E-state index contributed by atoms with van der Waals surface area (Å²) in [5.74, 6) is -7.74. The summed E-state index contributed by atoms with van der Waals surface area (Å²) in [5, 5.41) is 45.2. The number of nitrogens with one attached hydrogen (secondary N) is 7. The third-order valence-electron chi connectivity index (χ3n) is 9.14. The molecule has 0 aliphatic heterocycles. The molecule has 20 nitrogen and oxygen atoms in total. The largest absolute Gasteiger partial charge is 0.481 e. The molecule has 2 rings (SSSR count). The van der Waals surface area contributed by atoms with Crippen LogP contribution in [-0.4, -0.2) is 118 Å². The highest BCUT2D eigenvalue weighted by atomic mass is 16.4. The van der Waals surface area contributed by atoms with Gasteiger partial charge < -0.3 is 57.3 Å². The molecule has 0 radical (unpaired) electrons. The van der Waals surface area contributed by atoms with E-state index in [2.05, 4.69) is 31.9 Å². The summed E-state index contributed by atoms with van der Waals surface area (Å²) in [4.78, 5) is 122. The Balaban J connectivity index is 2.05. The van der Waals surface area contributed by atoms with E-state index in [9.17, 15) is 58.2 Å². The van der Waals surface area contributed by atoms with Crippen LogP contribution in [0.4, 0.5) is 4.79 Å². The average molecular weight is 854 g/mol. The lowest BCUT2D eigenvalue weighted by Gasteiger charge is -2.25. The second-order valence-corrected chi connectivity index (χ2v) is 14.3. The van der Waals surface area contributed by atoms with E-state index in [1.165, 1.54) is 0 Å². The van der Waals surface area contributed by atoms with E-state index in [0.717, 1.165) is 11.1 Å². The molecule has 2 aromatic rings. The fourth-order valence-electron chi connectivity index (χ4n) is 5.95. The lowest BCUT2D eigenvalue weighted by Crippen LogP contribution is -2.56. The van der Waals surface area contributed by atoms with Crippen molar-refractivity contribution in [2.24, 2.45) is 5.92 Å². The van der Waals surface area contributed by atoms with Gasteiger partial charge in [-0.15, -0.1) is 0 Å². The van der Waals surface area contributed by atoms with Crippen molar-refractivity contribution in [2.45, 2.75) is 102 Å². The number of carbonyl (C=O) groups excluding carboxylic acids is 7. The molecular weight excluding hydrogens is 798 g/mol. The molecule has 0 heterocycles. The summed E-state index contributed by atoms with van der Waals surface area (Å²) >= 11 is 0. The van der Waals surface area contributed by atoms with E-state index >= 15 is 0 Å². The molecule has 0 bridgehead atoms. The van der Waals surface area contributed by atoms with Gasteiger partial charge in [-0.1, -0.05) is 67.6 Å². The first-order valence-corrected chi connectivity index (χ1v) is 19.7. The number of benzene rings is 2. The number of hydrogen-bond donors (Lipinski definition) is 10. The standard InChI is InChI=1S/C41H55N7O13/c1-25(22-26(2)44-34(51)17-15-29(39(57)58)47-41(61)48-30(40(59)60)16-18-35(52)53)36(54)45-32(24-28-12-7-4-8-13-28)38(56)46-31(23-27-10-5-3-6-11-27)37(55)43-20-19-42-33(50)14-9-21-49/h3-8,10-13,21,25-26,29-32H,9,14-20,22-24H2,1-2H3,(H,42,50)(H,43,55)(H,44,51)(H,45,54)(H,46,56)(H,52,53)(H,57,58)(H,59,60)(H2,47,48,61). The second kappa shape index (κ2) is 27.0. The normalized spacial score (nSPS) is 13.6. The Morgan fingerprint density at radius 2 is 1.05 bits per heavy atom. The number of rotatable bonds is 28. The van der Waals surface area contributed by atoms with E-state index in [1.54, 1.807) is 74.5 Å². The van der Waals surface area contributed by atoms with Crippen LogP contribution in [-0.2, 0) is 56.0 Å². The van der Waals surface area contributed by atoms with Crippen molar-refractivity contribution in [1.29, 1.82) is 0 Å². The molecule has 61 heavy (non-hydrogen) atoms. The lowest BCUT2D eigenvalue weighted by molar-refractivity contribution is -0.141. The maximum absolute atomic E-state index is 13.9. The van der Waals surface area contributed by atoms with E-state index in [4.69, 9.17) is 5.11 Å². The van der Waals surface area contributed by atoms with Crippen LogP contribution in [0.3, 0.4) is 0 Å². The number of aldehydes is 1. The van der Waals surface area contributed by atoms with Gasteiger partial charge in [-0.25, -0.2) is 14.4 Å². The summed E-state index contributed by atoms with van der Waals surface area (Å²) < 4.78 is 0. The van der Waals surface area contributed by atoms with Crippen molar-refractivity contribution in [3.63, 3.8) is 0 Å². The summed E-state index contributed by atoms with van der Waals surface area (Å²) in [5.41, 5.74) is 1.47. The molecule has 6 unspecified atom stereocenters. The van der Waals surface area contributed by atoms with E-state index < -0.39 is 96.5 Å². The summed E-state index contributed by atoms with van der Waals surface area (Å²) in [6.45, 7) is 3.34. The number of hydrogen-bond acceptors (Lipinski definition) is 10. The van der Waals surface area contributed by atoms with Gasteiger partial charge >= 0.3 is 23.9 Å². The predicted molar refractivity (Wildman–Crippen MR) is 217 cm³/mol. The van der Waals surface area contributed by atoms with E-state index in [0.29, 0.717) is 6.29 Å². The number of carboxylic acid groups (broad SMARTS) is 3. The fourth-order valence-corrected chi connectivity index (χ4v) is 5.95. The van der Waals surface area contributed by atoms with Crippen LogP contribution in [0, 0.1) is 5.92 Å². The number of carboxylic acids is 3. The fraction of sp³-hybridized carbons (Fsp3) is 0.463. The number of carbonyl (C=O) groups is 10. The van der Waals surface area contributed by atoms with Crippen molar-refractivity contribution >= 4 is 59.8 Å². The van der Waals surface area contributed by atoms with Gasteiger partial charge in [0.25, 0.3) is 0 Å². The first-order chi connectivity index (χ1) is 29.0. The quantitative estimate of drug-likeness (QED) is 0.0400. The zero-order chi connectivity index (χ0) is 45.3. The van der Waals surface area contributed by atoms with E-state index in [-0.39, 0.29) is 63.9 Å². The van der Waals surface area contributed by atoms with E-state index in [1.807, 2.05) is 5.32 Å². The molecule has 0 aliphatic carbocycles. The SMILES string of the molecule is CC(CC(C)C(=O)NC(Cc1ccccc1)C(=O)NC(Cc1ccccc1)C(=O)NCCNC(=O)CCC=O)NC(=O)CCC(NC(=O)NC(CCC(=O)O)C(=O)O)C(=O)O. The maximum atomic E-state index is 13.9. The van der Waals surface area contributed by atoms with Gasteiger partial charge in [-0.2, -0.15) is 0 Å². The number of amides is 7. The summed E-state index contributed by atoms with van der Waals surface area (Å²) in [7, 11) is 0. The lowest BCUT2D eigenvalue weighted by atomic mass is 9.99. The zero-order valence-corrected chi connectivity index (χ0v) is 34.0. The molecule has 0 fully saturated rings. The first-order valence-electron chi connectivity index (χ1n) is 19.7. The van der Waals surface area contributed by atoms with Crippen molar-refractivity contribution in [3.05, 3.63) is 71.8 Å². The monoisotopic (exact) mass is 853 g/mol. The maximum Gasteiger partial charge on any atom is 0.326 e. The van der Waals surface area contributed by atoms with Crippen molar-refractivity contribution in [1.82, 2.24) is 37.2 Å². The molecule has 0 aromatic heterocycles. The van der Waals surface area contributed by atoms with Crippen molar-refractivity contribution in [3.8, 4) is 0 Å². The topological polar surface area (TPSA) is 316 Å². The second-order valence-electron chi connectivity index (χ2n) is 14.3. The molecule has 7 amide bonds. The molecule has 6 atom stereocenters. The summed E-state index contributed by atoms with van der Waals surface area (Å²) in [6.07, 6.45) is -0.781. The first kappa shape index (κ1) is 50.3. The molecule has 20 heteroatoms. The Kier molecular flexibility index (Phi) is 22.3. The van der Waals surface area contributed by atoms with Crippen molar-refractivity contribution < 1.29 is 63.3 Å². The van der Waals surface area contributed by atoms with Crippen LogP contribution in [0.25, 0.3) is 0 Å². The number of aliphatic carboxylic acids is 3. The highest BCUT2D eigenvalue weighted by molar-refractivity contribution is 5.93. The Labute approximate surface area is 352 Å². The van der Waals surface area contributed by atoms with Gasteiger partial charge in [0, 0.05) is 63.6 Å². The zero-order valence-electron chi connectivity index (χ0n) is 34.0. The smallest absolute Gasteiger partial charge is 0.326 e. The molecular formula is C41H55N7O13. The molecule has 0 spiro atoms. The van der Waals surface area contributed by atoms with Crippen molar-refractivity contribution in [2.75, 3.05) is 13.1 Å². The Morgan fingerprint density at radius 1 is 0.557 bits per heavy atom. The Hall–Kier alpha value is -6.86. The molecule has 2 aromatic carbocycles. The van der Waals surface area contributed by atoms with Crippen LogP contribution in [0.15, 0.2) is 60.7 Å². The van der Waals surface area contributed by atoms with Gasteiger partial charge in [-0.3, -0.25) is 28.8 Å². The number of urea groups is 1. The molecule has 0 aliphatic rings. The minimum Gasteiger partial charge on any atom is -0.481 e. The highest BCUT2D eigenvalue weighted by Crippen LogP contribution is 2.11. The molecule has 10 N–H and O–H groups in total. The minimum absolute atomic E-state index is 0.0159. The average Bonchev–Trinajstić information content (AvgIpc) is 3.21. The molecule has 0 saturated heterocycles. The van der Waals surface area contributed by atoms with Gasteiger partial charge in [0.15, 0.2) is 0 Å². The Bertz CT molecular complexity index is 1810. The summed E-state index contributed by atoms with van der Waals surface area (Å²) in [6, 6.07) is 10.6. The Morgan fingerprint density at radius 3 is 1.56 bits per heavy atom. The third-order valence-corrected chi connectivity index (χ3v) is 9.14. The molecule has 0 saturated carbocycles. The van der Waals surface area contributed by atoms with Gasteiger partial charge in [0.05, 0.1) is 0 Å². The predicted octanol–water partition coefficient (Wildman–Crippen LogP) is 0.0344. The van der Waals surface area contributed by atoms with Crippen LogP contribution in [0.1, 0.15) is 69.9 Å². The molecule has 332 valence electrons. The van der Waals surface area contributed by atoms with Crippen LogP contribution in [0.2, 0.25) is 0 Å². The van der Waals surface area contributed by atoms with Crippen LogP contribution < -0.4 is 37.2 Å². The van der Waals surface area contributed by atoms with Crippen LogP contribution in [0.5, 0.6) is 0 Å². The minimum atomic E-state index is -1.60.